The van der Waals surface area contributed by atoms with Gasteiger partial charge in [-0.2, -0.15) is 4.98 Å². The van der Waals surface area contributed by atoms with Crippen molar-refractivity contribution in [1.29, 1.82) is 0 Å². The number of furan rings is 1. The van der Waals surface area contributed by atoms with Crippen LogP contribution in [0, 0.1) is 6.92 Å². The Kier molecular flexibility index (Phi) is 4.39. The van der Waals surface area contributed by atoms with Crippen LogP contribution in [0.2, 0.25) is 0 Å². The average molecular weight is 278 g/mol. The zero-order valence-corrected chi connectivity index (χ0v) is 11.8. The molecule has 0 aliphatic heterocycles. The standard InChI is InChI=1S/C13H18N4O3/c1-4-11(12-14-9(2)16-20-12)15-13(18)17(3)7-10-5-6-19-8-10/h5-6,8,11H,4,7H2,1-3H3,(H,15,18). The van der Waals surface area contributed by atoms with Gasteiger partial charge < -0.3 is 19.2 Å². The molecule has 2 heterocycles. The van der Waals surface area contributed by atoms with Crippen LogP contribution < -0.4 is 5.32 Å². The van der Waals surface area contributed by atoms with E-state index in [1.54, 1.807) is 31.4 Å². The summed E-state index contributed by atoms with van der Waals surface area (Å²) in [5, 5.41) is 6.60. The average Bonchev–Trinajstić information content (AvgIpc) is 3.07. The minimum absolute atomic E-state index is 0.200. The summed E-state index contributed by atoms with van der Waals surface area (Å²) in [5.74, 6) is 0.981. The lowest BCUT2D eigenvalue weighted by molar-refractivity contribution is 0.198. The molecule has 108 valence electrons. The van der Waals surface area contributed by atoms with Crippen molar-refractivity contribution >= 4 is 6.03 Å². The van der Waals surface area contributed by atoms with Gasteiger partial charge in [0.2, 0.25) is 5.89 Å². The number of aromatic nitrogens is 2. The SMILES string of the molecule is CCC(NC(=O)N(C)Cc1ccoc1)c1nc(C)no1. The first-order valence-corrected chi connectivity index (χ1v) is 6.43. The van der Waals surface area contributed by atoms with Crippen LogP contribution in [-0.2, 0) is 6.54 Å². The van der Waals surface area contributed by atoms with E-state index in [9.17, 15) is 4.79 Å². The second kappa shape index (κ2) is 6.23. The number of rotatable bonds is 5. The van der Waals surface area contributed by atoms with Crippen molar-refractivity contribution in [2.75, 3.05) is 7.05 Å². The summed E-state index contributed by atoms with van der Waals surface area (Å²) < 4.78 is 10.1. The lowest BCUT2D eigenvalue weighted by atomic mass is 10.2. The Hall–Kier alpha value is -2.31. The third kappa shape index (κ3) is 3.37. The van der Waals surface area contributed by atoms with E-state index in [-0.39, 0.29) is 12.1 Å². The fourth-order valence-corrected chi connectivity index (χ4v) is 1.78. The van der Waals surface area contributed by atoms with Crippen LogP contribution in [0.3, 0.4) is 0 Å². The van der Waals surface area contributed by atoms with Crippen molar-refractivity contribution in [2.45, 2.75) is 32.9 Å². The molecule has 0 spiro atoms. The summed E-state index contributed by atoms with van der Waals surface area (Å²) in [6.45, 7) is 4.16. The number of nitrogens with one attached hydrogen (secondary N) is 1. The maximum Gasteiger partial charge on any atom is 0.318 e. The van der Waals surface area contributed by atoms with Gasteiger partial charge in [-0.3, -0.25) is 0 Å². The molecule has 2 aromatic rings. The Morgan fingerprint density at radius 2 is 2.35 bits per heavy atom. The monoisotopic (exact) mass is 278 g/mol. The van der Waals surface area contributed by atoms with E-state index in [1.165, 1.54) is 0 Å². The van der Waals surface area contributed by atoms with Crippen molar-refractivity contribution in [3.8, 4) is 0 Å². The van der Waals surface area contributed by atoms with E-state index in [0.717, 1.165) is 5.56 Å². The van der Waals surface area contributed by atoms with Crippen LogP contribution in [0.25, 0.3) is 0 Å². The van der Waals surface area contributed by atoms with Crippen molar-refractivity contribution in [3.63, 3.8) is 0 Å². The second-order valence-electron chi connectivity index (χ2n) is 4.58. The molecule has 0 aromatic carbocycles. The summed E-state index contributed by atoms with van der Waals surface area (Å²) in [4.78, 5) is 17.8. The van der Waals surface area contributed by atoms with Gasteiger partial charge in [-0.25, -0.2) is 4.79 Å². The molecular weight excluding hydrogens is 260 g/mol. The second-order valence-corrected chi connectivity index (χ2v) is 4.58. The maximum atomic E-state index is 12.1. The van der Waals surface area contributed by atoms with Gasteiger partial charge in [-0.1, -0.05) is 12.1 Å². The number of hydrogen-bond acceptors (Lipinski definition) is 5. The molecule has 2 aromatic heterocycles. The summed E-state index contributed by atoms with van der Waals surface area (Å²) >= 11 is 0. The number of carbonyl (C=O) groups excluding carboxylic acids is 1. The summed E-state index contributed by atoms with van der Waals surface area (Å²) in [7, 11) is 1.72. The lowest BCUT2D eigenvalue weighted by Crippen LogP contribution is -2.38. The first-order chi connectivity index (χ1) is 9.60. The molecule has 0 saturated heterocycles. The smallest absolute Gasteiger partial charge is 0.318 e. The molecule has 20 heavy (non-hydrogen) atoms. The molecular formula is C13H18N4O3. The van der Waals surface area contributed by atoms with Gasteiger partial charge in [-0.15, -0.1) is 0 Å². The highest BCUT2D eigenvalue weighted by Crippen LogP contribution is 2.15. The van der Waals surface area contributed by atoms with Crippen LogP contribution in [0.5, 0.6) is 0 Å². The molecule has 1 atom stereocenters. The van der Waals surface area contributed by atoms with Gasteiger partial charge in [0.25, 0.3) is 0 Å². The molecule has 1 N–H and O–H groups in total. The van der Waals surface area contributed by atoms with Gasteiger partial charge in [0.05, 0.1) is 19.1 Å². The fourth-order valence-electron chi connectivity index (χ4n) is 1.78. The number of amides is 2. The highest BCUT2D eigenvalue weighted by Gasteiger charge is 2.20. The minimum atomic E-state index is -0.282. The van der Waals surface area contributed by atoms with Crippen molar-refractivity contribution in [3.05, 3.63) is 35.9 Å². The van der Waals surface area contributed by atoms with E-state index in [0.29, 0.717) is 24.7 Å². The van der Waals surface area contributed by atoms with Crippen molar-refractivity contribution in [2.24, 2.45) is 0 Å². The zero-order valence-electron chi connectivity index (χ0n) is 11.8. The minimum Gasteiger partial charge on any atom is -0.472 e. The molecule has 1 unspecified atom stereocenters. The van der Waals surface area contributed by atoms with E-state index in [2.05, 4.69) is 15.5 Å². The third-order valence-corrected chi connectivity index (χ3v) is 2.89. The van der Waals surface area contributed by atoms with Gasteiger partial charge >= 0.3 is 6.03 Å². The first kappa shape index (κ1) is 14.1. The van der Waals surface area contributed by atoms with Crippen molar-refractivity contribution in [1.82, 2.24) is 20.4 Å². The fraction of sp³-hybridized carbons (Fsp3) is 0.462. The van der Waals surface area contributed by atoms with Gasteiger partial charge in [0, 0.05) is 12.6 Å². The molecule has 0 radical (unpaired) electrons. The van der Waals surface area contributed by atoms with Gasteiger partial charge in [0.15, 0.2) is 5.82 Å². The molecule has 0 saturated carbocycles. The van der Waals surface area contributed by atoms with E-state index < -0.39 is 0 Å². The third-order valence-electron chi connectivity index (χ3n) is 2.89. The first-order valence-electron chi connectivity index (χ1n) is 6.43. The predicted octanol–water partition coefficient (Wildman–Crippen LogP) is 2.26. The van der Waals surface area contributed by atoms with Gasteiger partial charge in [-0.05, 0) is 19.4 Å². The van der Waals surface area contributed by atoms with E-state index in [4.69, 9.17) is 8.94 Å². The number of carbonyl (C=O) groups is 1. The largest absolute Gasteiger partial charge is 0.472 e. The zero-order chi connectivity index (χ0) is 14.5. The van der Waals surface area contributed by atoms with Crippen LogP contribution in [-0.4, -0.2) is 28.1 Å². The number of nitrogens with zero attached hydrogens (tertiary/aromatic N) is 3. The van der Waals surface area contributed by atoms with Crippen LogP contribution in [0.1, 0.15) is 36.7 Å². The Labute approximate surface area is 116 Å². The van der Waals surface area contributed by atoms with E-state index >= 15 is 0 Å². The molecule has 0 bridgehead atoms. The predicted molar refractivity (Wildman–Crippen MR) is 70.8 cm³/mol. The van der Waals surface area contributed by atoms with Crippen LogP contribution in [0.15, 0.2) is 27.5 Å². The van der Waals surface area contributed by atoms with Crippen LogP contribution in [0.4, 0.5) is 4.79 Å². The van der Waals surface area contributed by atoms with Crippen molar-refractivity contribution < 1.29 is 13.7 Å². The van der Waals surface area contributed by atoms with E-state index in [1.807, 2.05) is 13.0 Å². The molecule has 7 nitrogen and oxygen atoms in total. The number of hydrogen-bond donors (Lipinski definition) is 1. The molecule has 0 aliphatic rings. The maximum absolute atomic E-state index is 12.1. The van der Waals surface area contributed by atoms with Crippen LogP contribution >= 0.6 is 0 Å². The summed E-state index contributed by atoms with van der Waals surface area (Å²) in [6.07, 6.45) is 3.87. The Morgan fingerprint density at radius 3 is 2.90 bits per heavy atom. The lowest BCUT2D eigenvalue weighted by Gasteiger charge is -2.20. The Balaban J connectivity index is 1.95. The highest BCUT2D eigenvalue weighted by molar-refractivity contribution is 5.74. The highest BCUT2D eigenvalue weighted by atomic mass is 16.5. The summed E-state index contributed by atoms with van der Waals surface area (Å²) in [5.41, 5.74) is 0.935. The topological polar surface area (TPSA) is 84.4 Å². The molecule has 7 heteroatoms. The number of aryl methyl sites for hydroxylation is 1. The van der Waals surface area contributed by atoms with Gasteiger partial charge in [0.1, 0.15) is 6.04 Å². The molecule has 0 aliphatic carbocycles. The molecule has 0 fully saturated rings. The number of urea groups is 1. The molecule has 2 rings (SSSR count). The summed E-state index contributed by atoms with van der Waals surface area (Å²) in [6, 6.07) is 1.34. The Bertz CT molecular complexity index is 550. The normalized spacial score (nSPS) is 12.2. The quantitative estimate of drug-likeness (QED) is 0.906. The Morgan fingerprint density at radius 1 is 1.55 bits per heavy atom. The molecule has 2 amide bonds.